The summed E-state index contributed by atoms with van der Waals surface area (Å²) in [4.78, 5) is 12.2. The van der Waals surface area contributed by atoms with Crippen LogP contribution in [0.3, 0.4) is 0 Å². The van der Waals surface area contributed by atoms with Gasteiger partial charge in [0.1, 0.15) is 5.82 Å². The van der Waals surface area contributed by atoms with E-state index >= 15 is 0 Å². The number of fused-ring (bicyclic) bond motifs is 1. The summed E-state index contributed by atoms with van der Waals surface area (Å²) in [6.07, 6.45) is 3.17. The van der Waals surface area contributed by atoms with Crippen LogP contribution in [0.15, 0.2) is 16.6 Å². The first-order valence-electron chi connectivity index (χ1n) is 6.10. The molecule has 1 aromatic carbocycles. The molecule has 0 heterocycles. The lowest BCUT2D eigenvalue weighted by Gasteiger charge is -2.16. The van der Waals surface area contributed by atoms with Gasteiger partial charge >= 0.3 is 0 Å². The first kappa shape index (κ1) is 11.4. The Labute approximate surface area is 109 Å². The minimum absolute atomic E-state index is 0.00120. The van der Waals surface area contributed by atoms with Crippen molar-refractivity contribution in [1.82, 2.24) is 0 Å². The van der Waals surface area contributed by atoms with Crippen LogP contribution in [-0.4, -0.2) is 5.78 Å². The van der Waals surface area contributed by atoms with Crippen LogP contribution in [0.5, 0.6) is 0 Å². The van der Waals surface area contributed by atoms with Crippen molar-refractivity contribution in [3.8, 4) is 0 Å². The summed E-state index contributed by atoms with van der Waals surface area (Å²) in [5.74, 6) is 0.730. The number of carbonyl (C=O) groups is 1. The summed E-state index contributed by atoms with van der Waals surface area (Å²) in [5, 5.41) is 0. The molecular formula is C14H14BrFO. The molecule has 0 aliphatic heterocycles. The van der Waals surface area contributed by atoms with Gasteiger partial charge in [-0.3, -0.25) is 4.79 Å². The van der Waals surface area contributed by atoms with Crippen LogP contribution < -0.4 is 0 Å². The molecule has 0 N–H and O–H groups in total. The number of hydrogen-bond acceptors (Lipinski definition) is 1. The van der Waals surface area contributed by atoms with E-state index in [-0.39, 0.29) is 17.5 Å². The predicted octanol–water partition coefficient (Wildman–Crippen LogP) is 3.99. The Hall–Kier alpha value is -0.700. The minimum atomic E-state index is -0.370. The topological polar surface area (TPSA) is 17.1 Å². The number of halogens is 2. The maximum atomic E-state index is 13.8. The monoisotopic (exact) mass is 296 g/mol. The van der Waals surface area contributed by atoms with Gasteiger partial charge in [-0.15, -0.1) is 0 Å². The molecule has 3 rings (SSSR count). The van der Waals surface area contributed by atoms with E-state index < -0.39 is 0 Å². The van der Waals surface area contributed by atoms with Crippen LogP contribution in [0.4, 0.5) is 4.39 Å². The molecule has 2 unspecified atom stereocenters. The lowest BCUT2D eigenvalue weighted by atomic mass is 9.87. The standard InChI is InChI=1S/C14H14BrFO/c1-7(8-2-3-8)11-5-9-4-10(15)6-12(16)13(9)14(11)17/h4,6-8,11H,2-3,5H2,1H3. The van der Waals surface area contributed by atoms with Crippen LogP contribution in [0.2, 0.25) is 0 Å². The molecule has 0 amide bonds. The van der Waals surface area contributed by atoms with Gasteiger partial charge in [0.25, 0.3) is 0 Å². The van der Waals surface area contributed by atoms with Crippen molar-refractivity contribution >= 4 is 21.7 Å². The van der Waals surface area contributed by atoms with Crippen LogP contribution in [0.1, 0.15) is 35.7 Å². The van der Waals surface area contributed by atoms with E-state index in [1.807, 2.05) is 6.07 Å². The molecule has 17 heavy (non-hydrogen) atoms. The molecule has 0 aromatic heterocycles. The second-order valence-corrected chi connectivity index (χ2v) is 6.21. The highest BCUT2D eigenvalue weighted by molar-refractivity contribution is 9.10. The Balaban J connectivity index is 1.96. The van der Waals surface area contributed by atoms with Crippen molar-refractivity contribution in [2.75, 3.05) is 0 Å². The molecule has 3 heteroatoms. The number of rotatable bonds is 2. The second-order valence-electron chi connectivity index (χ2n) is 5.29. The average Bonchev–Trinajstić information content (AvgIpc) is 3.03. The fourth-order valence-electron chi connectivity index (χ4n) is 2.95. The lowest BCUT2D eigenvalue weighted by molar-refractivity contribution is 0.0886. The zero-order chi connectivity index (χ0) is 12.2. The van der Waals surface area contributed by atoms with Crippen molar-refractivity contribution in [1.29, 1.82) is 0 Å². The molecule has 2 aliphatic rings. The molecular weight excluding hydrogens is 283 g/mol. The van der Waals surface area contributed by atoms with Crippen LogP contribution in [0.25, 0.3) is 0 Å². The van der Waals surface area contributed by atoms with E-state index in [4.69, 9.17) is 0 Å². The summed E-state index contributed by atoms with van der Waals surface area (Å²) >= 11 is 3.28. The molecule has 90 valence electrons. The maximum absolute atomic E-state index is 13.8. The van der Waals surface area contributed by atoms with Gasteiger partial charge in [-0.2, -0.15) is 0 Å². The van der Waals surface area contributed by atoms with Crippen molar-refractivity contribution in [2.45, 2.75) is 26.2 Å². The van der Waals surface area contributed by atoms with Crippen LogP contribution >= 0.6 is 15.9 Å². The summed E-state index contributed by atoms with van der Waals surface area (Å²) in [7, 11) is 0. The van der Waals surface area contributed by atoms with Gasteiger partial charge in [-0.1, -0.05) is 22.9 Å². The minimum Gasteiger partial charge on any atom is -0.294 e. The quantitative estimate of drug-likeness (QED) is 0.806. The fourth-order valence-corrected chi connectivity index (χ4v) is 3.43. The van der Waals surface area contributed by atoms with E-state index in [0.717, 1.165) is 10.0 Å². The molecule has 2 atom stereocenters. The van der Waals surface area contributed by atoms with Crippen molar-refractivity contribution in [3.05, 3.63) is 33.5 Å². The van der Waals surface area contributed by atoms with E-state index in [1.165, 1.54) is 18.9 Å². The number of benzene rings is 1. The highest BCUT2D eigenvalue weighted by Crippen LogP contribution is 2.45. The summed E-state index contributed by atoms with van der Waals surface area (Å²) in [6.45, 7) is 2.14. The molecule has 2 aliphatic carbocycles. The predicted molar refractivity (Wildman–Crippen MR) is 67.5 cm³/mol. The van der Waals surface area contributed by atoms with Gasteiger partial charge in [0.2, 0.25) is 0 Å². The third-order valence-electron chi connectivity index (χ3n) is 4.16. The molecule has 1 aromatic rings. The van der Waals surface area contributed by atoms with Gasteiger partial charge in [-0.05, 0) is 48.8 Å². The van der Waals surface area contributed by atoms with Crippen molar-refractivity contribution < 1.29 is 9.18 Å². The fraction of sp³-hybridized carbons (Fsp3) is 0.500. The molecule has 0 bridgehead atoms. The molecule has 0 saturated heterocycles. The smallest absolute Gasteiger partial charge is 0.169 e. The highest BCUT2D eigenvalue weighted by atomic mass is 79.9. The largest absolute Gasteiger partial charge is 0.294 e. The number of ketones is 1. The molecule has 1 nitrogen and oxygen atoms in total. The molecule has 1 fully saturated rings. The zero-order valence-electron chi connectivity index (χ0n) is 9.67. The Bertz CT molecular complexity index is 493. The van der Waals surface area contributed by atoms with Crippen molar-refractivity contribution in [2.24, 2.45) is 17.8 Å². The van der Waals surface area contributed by atoms with Gasteiger partial charge in [0.15, 0.2) is 5.78 Å². The van der Waals surface area contributed by atoms with Gasteiger partial charge in [0, 0.05) is 10.4 Å². The van der Waals surface area contributed by atoms with Gasteiger partial charge in [-0.25, -0.2) is 4.39 Å². The van der Waals surface area contributed by atoms with Gasteiger partial charge in [0.05, 0.1) is 5.56 Å². The Morgan fingerprint density at radius 3 is 2.76 bits per heavy atom. The van der Waals surface area contributed by atoms with Gasteiger partial charge < -0.3 is 0 Å². The normalized spacial score (nSPS) is 24.9. The Morgan fingerprint density at radius 2 is 2.12 bits per heavy atom. The maximum Gasteiger partial charge on any atom is 0.169 e. The summed E-state index contributed by atoms with van der Waals surface area (Å²) < 4.78 is 14.5. The lowest BCUT2D eigenvalue weighted by Crippen LogP contribution is -2.20. The number of carbonyl (C=O) groups excluding carboxylic acids is 1. The first-order chi connectivity index (χ1) is 8.08. The number of Topliss-reactive ketones (excluding diaryl/α,β-unsaturated/α-hetero) is 1. The molecule has 0 radical (unpaired) electrons. The van der Waals surface area contributed by atoms with E-state index in [0.29, 0.717) is 23.8 Å². The van der Waals surface area contributed by atoms with Crippen LogP contribution in [0, 0.1) is 23.6 Å². The Kier molecular flexibility index (Phi) is 2.62. The molecule has 1 saturated carbocycles. The Morgan fingerprint density at radius 1 is 1.41 bits per heavy atom. The van der Waals surface area contributed by atoms with E-state index in [2.05, 4.69) is 22.9 Å². The molecule has 0 spiro atoms. The summed E-state index contributed by atoms with van der Waals surface area (Å²) in [6, 6.07) is 3.27. The average molecular weight is 297 g/mol. The second kappa shape index (κ2) is 3.91. The third-order valence-corrected chi connectivity index (χ3v) is 4.62. The zero-order valence-corrected chi connectivity index (χ0v) is 11.3. The summed E-state index contributed by atoms with van der Waals surface area (Å²) in [5.41, 5.74) is 1.21. The number of hydrogen-bond donors (Lipinski definition) is 0. The SMILES string of the molecule is CC(C1CC1)C1Cc2cc(Br)cc(F)c2C1=O. The first-order valence-corrected chi connectivity index (χ1v) is 6.89. The van der Waals surface area contributed by atoms with E-state index in [9.17, 15) is 9.18 Å². The highest BCUT2D eigenvalue weighted by Gasteiger charge is 2.42. The van der Waals surface area contributed by atoms with E-state index in [1.54, 1.807) is 0 Å². The van der Waals surface area contributed by atoms with Crippen LogP contribution in [-0.2, 0) is 6.42 Å². The third kappa shape index (κ3) is 1.85. The van der Waals surface area contributed by atoms with Crippen molar-refractivity contribution in [3.63, 3.8) is 0 Å².